The molecule has 2 N–H and O–H groups in total. The van der Waals surface area contributed by atoms with E-state index in [0.717, 1.165) is 42.4 Å². The van der Waals surface area contributed by atoms with Crippen LogP contribution in [0.3, 0.4) is 0 Å². The molecular formula is C16H20N4O. The van der Waals surface area contributed by atoms with Gasteiger partial charge in [0, 0.05) is 31.3 Å². The fraction of sp³-hybridized carbons (Fsp3) is 0.375. The van der Waals surface area contributed by atoms with Crippen LogP contribution in [0.25, 0.3) is 11.4 Å². The third-order valence-electron chi connectivity index (χ3n) is 3.74. The van der Waals surface area contributed by atoms with Crippen molar-refractivity contribution in [2.24, 2.45) is 0 Å². The number of aliphatic hydroxyl groups is 1. The molecule has 0 unspecified atom stereocenters. The normalized spacial score (nSPS) is 13.8. The molecule has 0 spiro atoms. The van der Waals surface area contributed by atoms with E-state index in [4.69, 9.17) is 9.97 Å². The summed E-state index contributed by atoms with van der Waals surface area (Å²) in [6, 6.07) is 10.0. The standard InChI is InChI=1S/C16H20N4O/c1-20(9-10-21)16-13-7-8-17-11-14(13)18-15(19-16)12-5-3-2-4-6-12/h2-6,17,21H,7-11H2,1H3. The zero-order valence-corrected chi connectivity index (χ0v) is 12.2. The van der Waals surface area contributed by atoms with Crippen LogP contribution in [0.5, 0.6) is 0 Å². The van der Waals surface area contributed by atoms with Crippen LogP contribution in [0.1, 0.15) is 11.3 Å². The average Bonchev–Trinajstić information content (AvgIpc) is 2.55. The summed E-state index contributed by atoms with van der Waals surface area (Å²) in [5, 5.41) is 12.6. The molecule has 0 saturated carbocycles. The van der Waals surface area contributed by atoms with Crippen LogP contribution in [0.4, 0.5) is 5.82 Å². The Balaban J connectivity index is 2.09. The van der Waals surface area contributed by atoms with Gasteiger partial charge < -0.3 is 15.3 Å². The third-order valence-corrected chi connectivity index (χ3v) is 3.74. The Morgan fingerprint density at radius 1 is 1.24 bits per heavy atom. The summed E-state index contributed by atoms with van der Waals surface area (Å²) < 4.78 is 0. The van der Waals surface area contributed by atoms with Crippen molar-refractivity contribution >= 4 is 5.82 Å². The molecule has 0 bridgehead atoms. The highest BCUT2D eigenvalue weighted by Crippen LogP contribution is 2.26. The predicted molar refractivity (Wildman–Crippen MR) is 83.2 cm³/mol. The Morgan fingerprint density at radius 3 is 2.81 bits per heavy atom. The molecule has 0 radical (unpaired) electrons. The van der Waals surface area contributed by atoms with Crippen LogP contribution in [0, 0.1) is 0 Å². The van der Waals surface area contributed by atoms with Gasteiger partial charge in [-0.2, -0.15) is 0 Å². The molecular weight excluding hydrogens is 264 g/mol. The van der Waals surface area contributed by atoms with Gasteiger partial charge in [-0.25, -0.2) is 9.97 Å². The van der Waals surface area contributed by atoms with Crippen LogP contribution in [0.15, 0.2) is 30.3 Å². The number of hydrogen-bond acceptors (Lipinski definition) is 5. The van der Waals surface area contributed by atoms with Crippen molar-refractivity contribution in [1.29, 1.82) is 0 Å². The summed E-state index contributed by atoms with van der Waals surface area (Å²) >= 11 is 0. The zero-order valence-electron chi connectivity index (χ0n) is 12.2. The molecule has 5 heteroatoms. The molecule has 1 aliphatic heterocycles. The van der Waals surface area contributed by atoms with Crippen LogP contribution in [-0.2, 0) is 13.0 Å². The quantitative estimate of drug-likeness (QED) is 0.884. The number of likely N-dealkylation sites (N-methyl/N-ethyl adjacent to an activating group) is 1. The minimum absolute atomic E-state index is 0.119. The number of benzene rings is 1. The molecule has 1 aromatic carbocycles. The van der Waals surface area contributed by atoms with E-state index in [1.165, 1.54) is 5.56 Å². The van der Waals surface area contributed by atoms with E-state index in [1.54, 1.807) is 0 Å². The number of nitrogens with zero attached hydrogens (tertiary/aromatic N) is 3. The lowest BCUT2D eigenvalue weighted by atomic mass is 10.1. The van der Waals surface area contributed by atoms with Crippen molar-refractivity contribution in [2.75, 3.05) is 31.6 Å². The Kier molecular flexibility index (Phi) is 4.13. The molecule has 110 valence electrons. The second-order valence-corrected chi connectivity index (χ2v) is 5.23. The van der Waals surface area contributed by atoms with E-state index in [-0.39, 0.29) is 6.61 Å². The van der Waals surface area contributed by atoms with E-state index in [2.05, 4.69) is 5.32 Å². The first-order chi connectivity index (χ1) is 10.3. The van der Waals surface area contributed by atoms with Gasteiger partial charge in [0.05, 0.1) is 12.3 Å². The lowest BCUT2D eigenvalue weighted by Gasteiger charge is -2.25. The highest BCUT2D eigenvalue weighted by molar-refractivity contribution is 5.60. The minimum Gasteiger partial charge on any atom is -0.395 e. The van der Waals surface area contributed by atoms with Gasteiger partial charge in [-0.1, -0.05) is 30.3 Å². The van der Waals surface area contributed by atoms with Gasteiger partial charge in [-0.3, -0.25) is 0 Å². The SMILES string of the molecule is CN(CCO)c1nc(-c2ccccc2)nc2c1CCNC2. The molecule has 3 rings (SSSR count). The van der Waals surface area contributed by atoms with Gasteiger partial charge in [-0.15, -0.1) is 0 Å². The van der Waals surface area contributed by atoms with Crippen molar-refractivity contribution in [2.45, 2.75) is 13.0 Å². The smallest absolute Gasteiger partial charge is 0.161 e. The van der Waals surface area contributed by atoms with E-state index < -0.39 is 0 Å². The second kappa shape index (κ2) is 6.20. The fourth-order valence-electron chi connectivity index (χ4n) is 2.63. The summed E-state index contributed by atoms with van der Waals surface area (Å²) in [6.45, 7) is 2.41. The van der Waals surface area contributed by atoms with E-state index >= 15 is 0 Å². The number of hydrogen-bond donors (Lipinski definition) is 2. The molecule has 0 saturated heterocycles. The first-order valence-electron chi connectivity index (χ1n) is 7.27. The van der Waals surface area contributed by atoms with Gasteiger partial charge in [0.2, 0.25) is 0 Å². The lowest BCUT2D eigenvalue weighted by molar-refractivity contribution is 0.303. The maximum absolute atomic E-state index is 9.19. The summed E-state index contributed by atoms with van der Waals surface area (Å²) in [7, 11) is 1.97. The largest absolute Gasteiger partial charge is 0.395 e. The summed E-state index contributed by atoms with van der Waals surface area (Å²) in [6.07, 6.45) is 0.926. The van der Waals surface area contributed by atoms with Crippen molar-refractivity contribution in [3.8, 4) is 11.4 Å². The summed E-state index contributed by atoms with van der Waals surface area (Å²) in [5.41, 5.74) is 3.28. The van der Waals surface area contributed by atoms with Crippen molar-refractivity contribution in [3.05, 3.63) is 41.6 Å². The van der Waals surface area contributed by atoms with Gasteiger partial charge in [0.15, 0.2) is 5.82 Å². The number of rotatable bonds is 4. The predicted octanol–water partition coefficient (Wildman–Crippen LogP) is 1.22. The molecule has 0 fully saturated rings. The average molecular weight is 284 g/mol. The molecule has 1 aliphatic rings. The minimum atomic E-state index is 0.119. The van der Waals surface area contributed by atoms with E-state index in [0.29, 0.717) is 6.54 Å². The number of fused-ring (bicyclic) bond motifs is 1. The molecule has 2 aromatic rings. The van der Waals surface area contributed by atoms with Gasteiger partial charge in [-0.05, 0) is 13.0 Å². The molecule has 0 atom stereocenters. The Hall–Kier alpha value is -1.98. The first-order valence-corrected chi connectivity index (χ1v) is 7.27. The maximum atomic E-state index is 9.19. The molecule has 0 aliphatic carbocycles. The highest BCUT2D eigenvalue weighted by atomic mass is 16.3. The topological polar surface area (TPSA) is 61.3 Å². The van der Waals surface area contributed by atoms with Crippen LogP contribution >= 0.6 is 0 Å². The molecule has 21 heavy (non-hydrogen) atoms. The monoisotopic (exact) mass is 284 g/mol. The highest BCUT2D eigenvalue weighted by Gasteiger charge is 2.20. The summed E-state index contributed by atoms with van der Waals surface area (Å²) in [4.78, 5) is 11.5. The van der Waals surface area contributed by atoms with Gasteiger partial charge in [0.1, 0.15) is 5.82 Å². The summed E-state index contributed by atoms with van der Waals surface area (Å²) in [5.74, 6) is 1.69. The van der Waals surface area contributed by atoms with Gasteiger partial charge in [0.25, 0.3) is 0 Å². The lowest BCUT2D eigenvalue weighted by Crippen LogP contribution is -2.30. The van der Waals surface area contributed by atoms with E-state index in [9.17, 15) is 5.11 Å². The number of aliphatic hydroxyl groups excluding tert-OH is 1. The third kappa shape index (κ3) is 2.89. The van der Waals surface area contributed by atoms with Crippen molar-refractivity contribution in [3.63, 3.8) is 0 Å². The number of aromatic nitrogens is 2. The fourth-order valence-corrected chi connectivity index (χ4v) is 2.63. The Bertz CT molecular complexity index is 615. The van der Waals surface area contributed by atoms with Crippen LogP contribution < -0.4 is 10.2 Å². The number of anilines is 1. The van der Waals surface area contributed by atoms with Gasteiger partial charge >= 0.3 is 0 Å². The van der Waals surface area contributed by atoms with Crippen molar-refractivity contribution < 1.29 is 5.11 Å². The maximum Gasteiger partial charge on any atom is 0.161 e. The van der Waals surface area contributed by atoms with Crippen LogP contribution in [0.2, 0.25) is 0 Å². The Morgan fingerprint density at radius 2 is 2.05 bits per heavy atom. The zero-order chi connectivity index (χ0) is 14.7. The molecule has 5 nitrogen and oxygen atoms in total. The first kappa shape index (κ1) is 14.0. The second-order valence-electron chi connectivity index (χ2n) is 5.23. The molecule has 1 aromatic heterocycles. The molecule has 0 amide bonds. The van der Waals surface area contributed by atoms with E-state index in [1.807, 2.05) is 42.3 Å². The van der Waals surface area contributed by atoms with Crippen LogP contribution in [-0.4, -0.2) is 41.8 Å². The molecule has 2 heterocycles. The number of nitrogens with one attached hydrogen (secondary N) is 1. The Labute approximate surface area is 124 Å². The van der Waals surface area contributed by atoms with Crippen molar-refractivity contribution in [1.82, 2.24) is 15.3 Å².